The summed E-state index contributed by atoms with van der Waals surface area (Å²) in [5.74, 6) is -1.75. The first-order valence-electron chi connectivity index (χ1n) is 9.22. The van der Waals surface area contributed by atoms with Gasteiger partial charge in [-0.3, -0.25) is 14.4 Å². The van der Waals surface area contributed by atoms with Crippen molar-refractivity contribution in [1.82, 2.24) is 14.8 Å². The van der Waals surface area contributed by atoms with Crippen LogP contribution in [0.15, 0.2) is 41.1 Å². The largest absolute Gasteiger partial charge is 0.381 e. The molecule has 150 valence electrons. The minimum absolute atomic E-state index is 0.0675. The fourth-order valence-corrected chi connectivity index (χ4v) is 4.43. The molecule has 0 spiro atoms. The Balaban J connectivity index is 1.42. The zero-order chi connectivity index (χ0) is 20.5. The molecule has 0 aliphatic carbocycles. The number of aromatic nitrogens is 1. The molecule has 0 saturated carbocycles. The van der Waals surface area contributed by atoms with Gasteiger partial charge < -0.3 is 15.1 Å². The van der Waals surface area contributed by atoms with Crippen molar-refractivity contribution in [3.05, 3.63) is 57.3 Å². The number of hydrogen-bond donors (Lipinski definition) is 1. The first kappa shape index (κ1) is 19.8. The van der Waals surface area contributed by atoms with E-state index >= 15 is 0 Å². The molecule has 29 heavy (non-hydrogen) atoms. The van der Waals surface area contributed by atoms with Crippen LogP contribution in [0.4, 0.5) is 5.69 Å². The highest BCUT2D eigenvalue weighted by Crippen LogP contribution is 2.41. The number of carbonyl (C=O) groups excluding carboxylic acids is 3. The number of nitrogens with one attached hydrogen (secondary N) is 1. The zero-order valence-electron chi connectivity index (χ0n) is 15.4. The molecule has 2 aliphatic rings. The maximum Gasteiger partial charge on any atom is 0.290 e. The van der Waals surface area contributed by atoms with Crippen LogP contribution in [-0.2, 0) is 9.59 Å². The third-order valence-corrected chi connectivity index (χ3v) is 6.16. The van der Waals surface area contributed by atoms with E-state index in [-0.39, 0.29) is 5.91 Å². The van der Waals surface area contributed by atoms with E-state index in [0.29, 0.717) is 59.2 Å². The third-order valence-electron chi connectivity index (χ3n) is 5.26. The zero-order valence-corrected chi connectivity index (χ0v) is 17.7. The Labute approximate surface area is 181 Å². The number of fused-ring (bicyclic) bond motifs is 1. The van der Waals surface area contributed by atoms with E-state index in [4.69, 9.17) is 11.6 Å². The highest BCUT2D eigenvalue weighted by molar-refractivity contribution is 9.10. The first-order chi connectivity index (χ1) is 14.0. The van der Waals surface area contributed by atoms with E-state index in [1.54, 1.807) is 17.0 Å². The van der Waals surface area contributed by atoms with Gasteiger partial charge in [-0.05, 0) is 28.1 Å². The minimum atomic E-state index is -0.645. The second kappa shape index (κ2) is 8.12. The molecule has 0 bridgehead atoms. The summed E-state index contributed by atoms with van der Waals surface area (Å²) in [5.41, 5.74) is 1.87. The number of pyridine rings is 1. The predicted molar refractivity (Wildman–Crippen MR) is 112 cm³/mol. The number of hydrogen-bond acceptors (Lipinski definition) is 5. The number of Topliss-reactive ketones (excluding diaryl/α,β-unsaturated/α-hetero) is 1. The van der Waals surface area contributed by atoms with Crippen molar-refractivity contribution < 1.29 is 14.4 Å². The maximum absolute atomic E-state index is 12.9. The minimum Gasteiger partial charge on any atom is -0.381 e. The van der Waals surface area contributed by atoms with Gasteiger partial charge >= 0.3 is 0 Å². The van der Waals surface area contributed by atoms with Gasteiger partial charge in [0.05, 0.1) is 16.6 Å². The monoisotopic (exact) mass is 476 g/mol. The number of rotatable bonds is 3. The molecule has 1 atom stereocenters. The predicted octanol–water partition coefficient (Wildman–Crippen LogP) is 2.56. The van der Waals surface area contributed by atoms with Crippen molar-refractivity contribution in [3.8, 4) is 0 Å². The number of amides is 2. The Bertz CT molecular complexity index is 977. The van der Waals surface area contributed by atoms with Crippen molar-refractivity contribution in [3.63, 3.8) is 0 Å². The van der Waals surface area contributed by atoms with Gasteiger partial charge in [0, 0.05) is 50.0 Å². The lowest BCUT2D eigenvalue weighted by Crippen LogP contribution is -2.52. The standard InChI is InChI=1S/C20H18BrClN4O3/c21-18-16-15(14(22)11-24-18)13(10-23-16)17(27)20(29)26-8-6-25(7-9-26)19(28)12-4-2-1-3-5-12/h1-5,11,13,23H,6-10H2. The van der Waals surface area contributed by atoms with Crippen LogP contribution < -0.4 is 5.32 Å². The molecule has 2 amide bonds. The van der Waals surface area contributed by atoms with E-state index in [0.717, 1.165) is 0 Å². The molecule has 1 aromatic carbocycles. The van der Waals surface area contributed by atoms with Gasteiger partial charge in [-0.1, -0.05) is 29.8 Å². The van der Waals surface area contributed by atoms with Gasteiger partial charge in [0.15, 0.2) is 0 Å². The molecule has 1 unspecified atom stereocenters. The van der Waals surface area contributed by atoms with Crippen LogP contribution in [0.1, 0.15) is 21.8 Å². The van der Waals surface area contributed by atoms with E-state index in [1.807, 2.05) is 18.2 Å². The van der Waals surface area contributed by atoms with E-state index < -0.39 is 17.6 Å². The molecule has 7 nitrogen and oxygen atoms in total. The second-order valence-corrected chi connectivity index (χ2v) is 8.09. The van der Waals surface area contributed by atoms with E-state index in [1.165, 1.54) is 11.1 Å². The molecule has 0 radical (unpaired) electrons. The number of benzene rings is 1. The van der Waals surface area contributed by atoms with Crippen molar-refractivity contribution in [2.75, 3.05) is 38.0 Å². The lowest BCUT2D eigenvalue weighted by atomic mass is 9.96. The Morgan fingerprint density at radius 1 is 1.07 bits per heavy atom. The van der Waals surface area contributed by atoms with Crippen LogP contribution in [0.5, 0.6) is 0 Å². The quantitative estimate of drug-likeness (QED) is 0.543. The fourth-order valence-electron chi connectivity index (χ4n) is 3.70. The van der Waals surface area contributed by atoms with Gasteiger partial charge in [0.1, 0.15) is 4.60 Å². The fraction of sp³-hybridized carbons (Fsp3) is 0.300. The molecule has 1 saturated heterocycles. The molecule has 9 heteroatoms. The number of halogens is 2. The van der Waals surface area contributed by atoms with Gasteiger partial charge in [-0.25, -0.2) is 4.98 Å². The average molecular weight is 478 g/mol. The normalized spacial score (nSPS) is 18.2. The summed E-state index contributed by atoms with van der Waals surface area (Å²) in [6.45, 7) is 1.73. The Kier molecular flexibility index (Phi) is 5.56. The molecular weight excluding hydrogens is 460 g/mol. The lowest BCUT2D eigenvalue weighted by molar-refractivity contribution is -0.146. The number of carbonyl (C=O) groups is 3. The van der Waals surface area contributed by atoms with Crippen molar-refractivity contribution >= 4 is 50.8 Å². The first-order valence-corrected chi connectivity index (χ1v) is 10.4. The Morgan fingerprint density at radius 3 is 2.41 bits per heavy atom. The van der Waals surface area contributed by atoms with Crippen molar-refractivity contribution in [2.45, 2.75) is 5.92 Å². The summed E-state index contributed by atoms with van der Waals surface area (Å²) in [4.78, 5) is 45.6. The van der Waals surface area contributed by atoms with Crippen molar-refractivity contribution in [1.29, 1.82) is 0 Å². The van der Waals surface area contributed by atoms with Crippen molar-refractivity contribution in [2.24, 2.45) is 0 Å². The molecule has 1 aromatic heterocycles. The van der Waals surface area contributed by atoms with Crippen LogP contribution in [0.2, 0.25) is 5.02 Å². The molecular formula is C20H18BrClN4O3. The van der Waals surface area contributed by atoms with Gasteiger partial charge in [-0.15, -0.1) is 0 Å². The van der Waals surface area contributed by atoms with E-state index in [9.17, 15) is 14.4 Å². The van der Waals surface area contributed by atoms with Gasteiger partial charge in [0.2, 0.25) is 5.78 Å². The highest BCUT2D eigenvalue weighted by Gasteiger charge is 2.38. The topological polar surface area (TPSA) is 82.6 Å². The summed E-state index contributed by atoms with van der Waals surface area (Å²) in [6, 6.07) is 9.03. The Hall–Kier alpha value is -2.45. The lowest BCUT2D eigenvalue weighted by Gasteiger charge is -2.34. The summed E-state index contributed by atoms with van der Waals surface area (Å²) in [5, 5.41) is 3.46. The summed E-state index contributed by atoms with van der Waals surface area (Å²) in [7, 11) is 0. The van der Waals surface area contributed by atoms with Gasteiger partial charge in [0.25, 0.3) is 11.8 Å². The van der Waals surface area contributed by atoms with Gasteiger partial charge in [-0.2, -0.15) is 0 Å². The van der Waals surface area contributed by atoms with Crippen LogP contribution in [0.25, 0.3) is 0 Å². The summed E-state index contributed by atoms with van der Waals surface area (Å²) >= 11 is 9.57. The summed E-state index contributed by atoms with van der Waals surface area (Å²) in [6.07, 6.45) is 1.47. The molecule has 1 N–H and O–H groups in total. The highest BCUT2D eigenvalue weighted by atomic mass is 79.9. The molecule has 1 fully saturated rings. The van der Waals surface area contributed by atoms with Crippen LogP contribution in [0.3, 0.4) is 0 Å². The average Bonchev–Trinajstić information content (AvgIpc) is 3.22. The third kappa shape index (κ3) is 3.74. The molecule has 2 aliphatic heterocycles. The number of ketones is 1. The van der Waals surface area contributed by atoms with Crippen LogP contribution in [-0.4, -0.2) is 65.1 Å². The maximum atomic E-state index is 12.9. The van der Waals surface area contributed by atoms with Crippen LogP contribution in [0, 0.1) is 0 Å². The number of nitrogens with zero attached hydrogens (tertiary/aromatic N) is 3. The van der Waals surface area contributed by atoms with E-state index in [2.05, 4.69) is 26.2 Å². The molecule has 4 rings (SSSR count). The smallest absolute Gasteiger partial charge is 0.290 e. The summed E-state index contributed by atoms with van der Waals surface area (Å²) < 4.78 is 0.563. The van der Waals surface area contributed by atoms with Crippen LogP contribution >= 0.6 is 27.5 Å². The molecule has 2 aromatic rings. The number of piperazine rings is 1. The second-order valence-electron chi connectivity index (χ2n) is 6.93. The molecule has 3 heterocycles. The number of anilines is 1. The Morgan fingerprint density at radius 2 is 1.72 bits per heavy atom. The SMILES string of the molecule is O=C(C(=O)N1CCN(C(=O)c2ccccc2)CC1)C1CNc2c(Br)ncc(Cl)c21.